The quantitative estimate of drug-likeness (QED) is 0.562. The van der Waals surface area contributed by atoms with Gasteiger partial charge in [-0.15, -0.1) is 14.2 Å². The topological polar surface area (TPSA) is 96.1 Å². The van der Waals surface area contributed by atoms with Crippen LogP contribution in [0.1, 0.15) is 0 Å². The van der Waals surface area contributed by atoms with Gasteiger partial charge in [0.05, 0.1) is 0 Å². The van der Waals surface area contributed by atoms with E-state index in [1.165, 1.54) is 21.7 Å². The average molecular weight is 352 g/mol. The predicted molar refractivity (Wildman–Crippen MR) is 76.4 cm³/mol. The summed E-state index contributed by atoms with van der Waals surface area (Å²) in [7, 11) is -2.83. The summed E-state index contributed by atoms with van der Waals surface area (Å²) < 4.78 is 36.2. The van der Waals surface area contributed by atoms with Crippen LogP contribution in [0.2, 0.25) is 0 Å². The fourth-order valence-corrected chi connectivity index (χ4v) is 3.01. The molecule has 0 unspecified atom stereocenters. The van der Waals surface area contributed by atoms with Crippen LogP contribution in [0.3, 0.4) is 0 Å². The van der Waals surface area contributed by atoms with Crippen LogP contribution < -0.4 is 22.6 Å². The van der Waals surface area contributed by atoms with Crippen LogP contribution in [0.25, 0.3) is 21.7 Å². The maximum Gasteiger partial charge on any atom is 0.227 e. The Hall–Kier alpha value is -1.80. The number of hydrogen-bond donors (Lipinski definition) is 0. The molecule has 0 spiro atoms. The summed E-state index contributed by atoms with van der Waals surface area (Å²) >= 11 is 1.78. The molecule has 0 aliphatic carbocycles. The van der Waals surface area contributed by atoms with Crippen molar-refractivity contribution in [1.29, 1.82) is 0 Å². The molecule has 1 aromatic heterocycles. The summed E-state index contributed by atoms with van der Waals surface area (Å²) in [5, 5.41) is 0. The first kappa shape index (κ1) is 17.6. The molecule has 5 nitrogen and oxygen atoms in total. The highest BCUT2D eigenvalue weighted by atomic mass is 35.7. The standard InChI is InChI=1S/C16H14NS.ClHO4/c1-17-15(13-8-4-2-5-9-13)12-16(18-17)14-10-6-3-7-11-14;2-1(3,4)5/h2-12H,1H3;(H,2,3,4,5)/q+1;/p-1. The van der Waals surface area contributed by atoms with E-state index in [2.05, 4.69) is 71.7 Å². The van der Waals surface area contributed by atoms with Gasteiger partial charge >= 0.3 is 0 Å². The summed E-state index contributed by atoms with van der Waals surface area (Å²) in [6, 6.07) is 23.3. The van der Waals surface area contributed by atoms with Crippen molar-refractivity contribution in [2.24, 2.45) is 7.05 Å². The molecule has 7 heteroatoms. The molecule has 120 valence electrons. The van der Waals surface area contributed by atoms with Gasteiger partial charge in [0.1, 0.15) is 16.4 Å². The first-order valence-electron chi connectivity index (χ1n) is 6.57. The Morgan fingerprint density at radius 1 is 0.783 bits per heavy atom. The van der Waals surface area contributed by atoms with Crippen molar-refractivity contribution in [3.05, 3.63) is 66.7 Å². The Labute approximate surface area is 140 Å². The Morgan fingerprint density at radius 2 is 1.22 bits per heavy atom. The van der Waals surface area contributed by atoms with E-state index >= 15 is 0 Å². The third-order valence-electron chi connectivity index (χ3n) is 2.97. The molecule has 0 saturated carbocycles. The number of hydrogen-bond acceptors (Lipinski definition) is 5. The molecule has 0 saturated heterocycles. The molecule has 3 rings (SSSR count). The van der Waals surface area contributed by atoms with E-state index in [9.17, 15) is 0 Å². The number of aryl methyl sites for hydroxylation is 1. The van der Waals surface area contributed by atoms with Gasteiger partial charge in [0, 0.05) is 11.6 Å². The number of nitrogens with zero attached hydrogens (tertiary/aromatic N) is 1. The highest BCUT2D eigenvalue weighted by molar-refractivity contribution is 7.05. The number of halogens is 1. The molecule has 0 aliphatic rings. The van der Waals surface area contributed by atoms with Crippen LogP contribution in [0.5, 0.6) is 0 Å². The Morgan fingerprint density at radius 3 is 1.70 bits per heavy atom. The van der Waals surface area contributed by atoms with Gasteiger partial charge in [-0.25, -0.2) is 18.6 Å². The fraction of sp³-hybridized carbons (Fsp3) is 0.0625. The molecule has 2 aromatic carbocycles. The van der Waals surface area contributed by atoms with E-state index in [1.54, 1.807) is 11.5 Å². The zero-order chi connectivity index (χ0) is 16.9. The minimum absolute atomic E-state index is 1.26. The highest BCUT2D eigenvalue weighted by Gasteiger charge is 2.16. The normalized spacial score (nSPS) is 10.8. The second-order valence-corrected chi connectivity index (χ2v) is 6.52. The first-order chi connectivity index (χ1) is 10.8. The lowest BCUT2D eigenvalue weighted by Crippen LogP contribution is -2.68. The third-order valence-corrected chi connectivity index (χ3v) is 3.99. The second kappa shape index (κ2) is 7.65. The molecule has 3 aromatic rings. The van der Waals surface area contributed by atoms with Gasteiger partial charge in [0.25, 0.3) is 0 Å². The zero-order valence-electron chi connectivity index (χ0n) is 12.2. The minimum Gasteiger partial charge on any atom is -0.222 e. The van der Waals surface area contributed by atoms with Crippen molar-refractivity contribution in [3.8, 4) is 21.7 Å². The Balaban J connectivity index is 0.000000338. The number of aromatic nitrogens is 1. The summed E-state index contributed by atoms with van der Waals surface area (Å²) in [4.78, 5) is 1.30. The maximum absolute atomic E-state index is 8.49. The van der Waals surface area contributed by atoms with Gasteiger partial charge in [-0.3, -0.25) is 0 Å². The van der Waals surface area contributed by atoms with Crippen molar-refractivity contribution in [2.75, 3.05) is 0 Å². The van der Waals surface area contributed by atoms with Gasteiger partial charge in [0.2, 0.25) is 5.69 Å². The van der Waals surface area contributed by atoms with Crippen molar-refractivity contribution < 1.29 is 32.8 Å². The van der Waals surface area contributed by atoms with Crippen LogP contribution >= 0.6 is 11.5 Å². The first-order valence-corrected chi connectivity index (χ1v) is 8.58. The molecule has 0 bridgehead atoms. The van der Waals surface area contributed by atoms with E-state index in [4.69, 9.17) is 18.6 Å². The van der Waals surface area contributed by atoms with Crippen molar-refractivity contribution in [1.82, 2.24) is 0 Å². The SMILES string of the molecule is C[n+]1sc(-c2ccccc2)cc1-c1ccccc1.[O-][Cl+3]([O-])([O-])[O-]. The molecule has 1 heterocycles. The van der Waals surface area contributed by atoms with E-state index in [-0.39, 0.29) is 0 Å². The van der Waals surface area contributed by atoms with Crippen molar-refractivity contribution in [3.63, 3.8) is 0 Å². The van der Waals surface area contributed by atoms with Crippen LogP contribution in [0.15, 0.2) is 66.7 Å². The molecule has 23 heavy (non-hydrogen) atoms. The third kappa shape index (κ3) is 5.72. The Bertz CT molecular complexity index is 736. The molecule has 0 N–H and O–H groups in total. The van der Waals surface area contributed by atoms with Crippen molar-refractivity contribution >= 4 is 11.5 Å². The lowest BCUT2D eigenvalue weighted by Gasteiger charge is -2.17. The fourth-order valence-electron chi connectivity index (χ4n) is 2.05. The predicted octanol–water partition coefficient (Wildman–Crippen LogP) is -0.849. The van der Waals surface area contributed by atoms with E-state index in [1.807, 2.05) is 6.07 Å². The van der Waals surface area contributed by atoms with E-state index in [0.717, 1.165) is 0 Å². The van der Waals surface area contributed by atoms with Gasteiger partial charge in [0.15, 0.2) is 7.05 Å². The largest absolute Gasteiger partial charge is 0.227 e. The number of benzene rings is 2. The zero-order valence-corrected chi connectivity index (χ0v) is 13.8. The molecule has 0 amide bonds. The van der Waals surface area contributed by atoms with Crippen LogP contribution in [0.4, 0.5) is 0 Å². The van der Waals surface area contributed by atoms with Gasteiger partial charge < -0.3 is 0 Å². The lowest BCUT2D eigenvalue weighted by molar-refractivity contribution is -2.00. The average Bonchev–Trinajstić information content (AvgIpc) is 2.89. The molecule has 0 atom stereocenters. The summed E-state index contributed by atoms with van der Waals surface area (Å²) in [6.45, 7) is 0. The summed E-state index contributed by atoms with van der Waals surface area (Å²) in [6.07, 6.45) is 0. The molecule has 0 aliphatic heterocycles. The monoisotopic (exact) mass is 351 g/mol. The highest BCUT2D eigenvalue weighted by Crippen LogP contribution is 2.27. The maximum atomic E-state index is 8.49. The molecular weight excluding hydrogens is 338 g/mol. The summed E-state index contributed by atoms with van der Waals surface area (Å²) in [5.41, 5.74) is 3.80. The van der Waals surface area contributed by atoms with Gasteiger partial charge in [-0.2, -0.15) is 0 Å². The van der Waals surface area contributed by atoms with Crippen LogP contribution in [-0.2, 0) is 7.05 Å². The van der Waals surface area contributed by atoms with Crippen LogP contribution in [-0.4, -0.2) is 0 Å². The second-order valence-electron chi connectivity index (χ2n) is 4.59. The molecule has 0 radical (unpaired) electrons. The molecular formula is C16H14ClNO4S. The van der Waals surface area contributed by atoms with Gasteiger partial charge in [-0.1, -0.05) is 48.5 Å². The molecule has 0 fully saturated rings. The summed E-state index contributed by atoms with van der Waals surface area (Å²) in [5.74, 6) is 0. The number of rotatable bonds is 2. The Kier molecular flexibility index (Phi) is 5.84. The van der Waals surface area contributed by atoms with Crippen molar-refractivity contribution in [2.45, 2.75) is 0 Å². The van der Waals surface area contributed by atoms with E-state index in [0.29, 0.717) is 0 Å². The van der Waals surface area contributed by atoms with Gasteiger partial charge in [-0.05, 0) is 17.7 Å². The smallest absolute Gasteiger partial charge is 0.222 e. The minimum atomic E-state index is -4.94. The van der Waals surface area contributed by atoms with Crippen LogP contribution in [0, 0.1) is 10.2 Å². The lowest BCUT2D eigenvalue weighted by atomic mass is 10.1. The van der Waals surface area contributed by atoms with E-state index < -0.39 is 10.2 Å².